The Morgan fingerprint density at radius 2 is 1.76 bits per heavy atom. The summed E-state index contributed by atoms with van der Waals surface area (Å²) in [5.41, 5.74) is 1.54. The zero-order valence-corrected chi connectivity index (χ0v) is 19.2. The molecule has 0 bridgehead atoms. The van der Waals surface area contributed by atoms with Gasteiger partial charge in [-0.25, -0.2) is 9.80 Å². The maximum Gasteiger partial charge on any atom is 0.344 e. The van der Waals surface area contributed by atoms with Gasteiger partial charge in [0.25, 0.3) is 5.91 Å². The monoisotopic (exact) mass is 482 g/mol. The van der Waals surface area contributed by atoms with E-state index in [1.807, 2.05) is 19.1 Å². The third kappa shape index (κ3) is 5.58. The lowest BCUT2D eigenvalue weighted by Gasteiger charge is -2.19. The zero-order chi connectivity index (χ0) is 23.9. The highest BCUT2D eigenvalue weighted by atomic mass is 35.5. The number of hydrazone groups is 1. The number of carbonyl (C=O) groups excluding carboxylic acids is 2. The highest BCUT2D eigenvalue weighted by Gasteiger charge is 2.35. The van der Waals surface area contributed by atoms with Crippen molar-refractivity contribution < 1.29 is 28.2 Å². The molecule has 176 valence electrons. The van der Waals surface area contributed by atoms with Gasteiger partial charge in [-0.15, -0.1) is 0 Å². The highest BCUT2D eigenvalue weighted by Crippen LogP contribution is 2.33. The van der Waals surface area contributed by atoms with E-state index in [4.69, 9.17) is 30.2 Å². The third-order valence-corrected chi connectivity index (χ3v) is 5.32. The molecule has 1 aliphatic rings. The van der Waals surface area contributed by atoms with Crippen LogP contribution in [0.2, 0.25) is 5.02 Å². The van der Waals surface area contributed by atoms with Gasteiger partial charge in [-0.3, -0.25) is 4.79 Å². The molecule has 8 nitrogen and oxygen atoms in total. The molecule has 4 rings (SSSR count). The maximum atomic E-state index is 12.9. The van der Waals surface area contributed by atoms with E-state index in [0.717, 1.165) is 5.56 Å². The van der Waals surface area contributed by atoms with Crippen molar-refractivity contribution in [2.45, 2.75) is 19.4 Å². The molecule has 2 heterocycles. The van der Waals surface area contributed by atoms with E-state index in [-0.39, 0.29) is 6.61 Å². The molecule has 9 heteroatoms. The molecule has 1 aliphatic heterocycles. The van der Waals surface area contributed by atoms with E-state index >= 15 is 0 Å². The molecular weight excluding hydrogens is 460 g/mol. The summed E-state index contributed by atoms with van der Waals surface area (Å²) in [5, 5.41) is 6.39. The van der Waals surface area contributed by atoms with Crippen molar-refractivity contribution in [3.05, 3.63) is 83.3 Å². The van der Waals surface area contributed by atoms with Crippen LogP contribution < -0.4 is 9.47 Å². The van der Waals surface area contributed by atoms with E-state index in [9.17, 15) is 9.59 Å². The van der Waals surface area contributed by atoms with Crippen LogP contribution in [0.3, 0.4) is 0 Å². The molecule has 0 spiro atoms. The van der Waals surface area contributed by atoms with Gasteiger partial charge in [0, 0.05) is 11.4 Å². The number of esters is 1. The van der Waals surface area contributed by atoms with Crippen LogP contribution in [0.25, 0.3) is 0 Å². The molecular formula is C25H23ClN2O6. The van der Waals surface area contributed by atoms with E-state index < -0.39 is 24.5 Å². The Labute approximate surface area is 201 Å². The normalized spacial score (nSPS) is 15.1. The number of carbonyl (C=O) groups is 2. The van der Waals surface area contributed by atoms with Crippen LogP contribution in [0.1, 0.15) is 30.7 Å². The SMILES string of the molecule is CCOc1ccccc1OCC(=O)OCC(=O)N1N=C(c2ccc(Cl)cc2)CC1c1ccco1. The Kier molecular flexibility index (Phi) is 7.49. The first-order valence-electron chi connectivity index (χ1n) is 10.7. The molecule has 1 amide bonds. The van der Waals surface area contributed by atoms with Crippen LogP contribution in [0.4, 0.5) is 0 Å². The van der Waals surface area contributed by atoms with Crippen LogP contribution in [-0.4, -0.2) is 42.4 Å². The summed E-state index contributed by atoms with van der Waals surface area (Å²) >= 11 is 5.98. The molecule has 0 aliphatic carbocycles. The first-order valence-corrected chi connectivity index (χ1v) is 11.1. The van der Waals surface area contributed by atoms with Gasteiger partial charge >= 0.3 is 5.97 Å². The summed E-state index contributed by atoms with van der Waals surface area (Å²) in [5.74, 6) is 0.366. The number of para-hydroxylation sites is 2. The molecule has 0 saturated heterocycles. The van der Waals surface area contributed by atoms with Crippen LogP contribution in [0.15, 0.2) is 76.4 Å². The van der Waals surface area contributed by atoms with Gasteiger partial charge in [-0.1, -0.05) is 35.9 Å². The minimum absolute atomic E-state index is 0.363. The van der Waals surface area contributed by atoms with Crippen LogP contribution >= 0.6 is 11.6 Å². The summed E-state index contributed by atoms with van der Waals surface area (Å²) in [6.07, 6.45) is 1.99. The fourth-order valence-electron chi connectivity index (χ4n) is 3.49. The second-order valence-corrected chi connectivity index (χ2v) is 7.79. The molecule has 34 heavy (non-hydrogen) atoms. The lowest BCUT2D eigenvalue weighted by Crippen LogP contribution is -2.32. The second-order valence-electron chi connectivity index (χ2n) is 7.36. The fourth-order valence-corrected chi connectivity index (χ4v) is 3.62. The zero-order valence-electron chi connectivity index (χ0n) is 18.5. The number of hydrogen-bond acceptors (Lipinski definition) is 7. The topological polar surface area (TPSA) is 90.6 Å². The Morgan fingerprint density at radius 3 is 2.44 bits per heavy atom. The van der Waals surface area contributed by atoms with Crippen molar-refractivity contribution in [2.75, 3.05) is 19.8 Å². The summed E-state index contributed by atoms with van der Waals surface area (Å²) in [6, 6.07) is 17.3. The van der Waals surface area contributed by atoms with Crippen molar-refractivity contribution in [3.63, 3.8) is 0 Å². The number of benzene rings is 2. The fraction of sp³-hybridized carbons (Fsp3) is 0.240. The number of rotatable bonds is 9. The quantitative estimate of drug-likeness (QED) is 0.413. The summed E-state index contributed by atoms with van der Waals surface area (Å²) in [7, 11) is 0. The molecule has 1 atom stereocenters. The van der Waals surface area contributed by atoms with E-state index in [1.54, 1.807) is 48.5 Å². The van der Waals surface area contributed by atoms with Crippen molar-refractivity contribution >= 4 is 29.2 Å². The number of hydrogen-bond donors (Lipinski definition) is 0. The van der Waals surface area contributed by atoms with Crippen molar-refractivity contribution in [1.82, 2.24) is 5.01 Å². The Balaban J connectivity index is 1.39. The van der Waals surface area contributed by atoms with Crippen molar-refractivity contribution in [2.24, 2.45) is 5.10 Å². The number of nitrogens with zero attached hydrogens (tertiary/aromatic N) is 2. The predicted octanol–water partition coefficient (Wildman–Crippen LogP) is 4.63. The molecule has 2 aromatic carbocycles. The number of amides is 1. The summed E-state index contributed by atoms with van der Waals surface area (Å²) in [6.45, 7) is 1.47. The van der Waals surface area contributed by atoms with Gasteiger partial charge in [0.2, 0.25) is 0 Å². The second kappa shape index (κ2) is 10.9. The van der Waals surface area contributed by atoms with E-state index in [0.29, 0.717) is 41.0 Å². The lowest BCUT2D eigenvalue weighted by atomic mass is 10.0. The summed E-state index contributed by atoms with van der Waals surface area (Å²) < 4.78 is 21.6. The molecule has 1 aromatic heterocycles. The molecule has 0 N–H and O–H groups in total. The van der Waals surface area contributed by atoms with E-state index in [2.05, 4.69) is 5.10 Å². The molecule has 0 fully saturated rings. The molecule has 0 saturated carbocycles. The van der Waals surface area contributed by atoms with Gasteiger partial charge in [0.15, 0.2) is 24.7 Å². The average Bonchev–Trinajstić information content (AvgIpc) is 3.53. The minimum Gasteiger partial charge on any atom is -0.490 e. The van der Waals surface area contributed by atoms with Crippen LogP contribution in [0, 0.1) is 0 Å². The first kappa shape index (κ1) is 23.4. The molecule has 3 aromatic rings. The average molecular weight is 483 g/mol. The van der Waals surface area contributed by atoms with Crippen LogP contribution in [0.5, 0.6) is 11.5 Å². The van der Waals surface area contributed by atoms with Gasteiger partial charge in [0.05, 0.1) is 18.6 Å². The lowest BCUT2D eigenvalue weighted by molar-refractivity contribution is -0.154. The standard InChI is InChI=1S/C25H23ClN2O6/c1-2-31-22-6-3-4-7-23(22)33-16-25(30)34-15-24(29)28-20(21-8-5-13-32-21)14-19(27-28)17-9-11-18(26)12-10-17/h3-13,20H,2,14-16H2,1H3. The van der Waals surface area contributed by atoms with Crippen molar-refractivity contribution in [1.29, 1.82) is 0 Å². The smallest absolute Gasteiger partial charge is 0.344 e. The van der Waals surface area contributed by atoms with Gasteiger partial charge in [-0.05, 0) is 48.9 Å². The summed E-state index contributed by atoms with van der Waals surface area (Å²) in [4.78, 5) is 25.1. The van der Waals surface area contributed by atoms with Gasteiger partial charge in [-0.2, -0.15) is 5.10 Å². The van der Waals surface area contributed by atoms with Gasteiger partial charge < -0.3 is 18.6 Å². The van der Waals surface area contributed by atoms with E-state index in [1.165, 1.54) is 11.3 Å². The number of halogens is 1. The molecule has 0 radical (unpaired) electrons. The number of furan rings is 1. The maximum absolute atomic E-state index is 12.9. The van der Waals surface area contributed by atoms with Crippen LogP contribution in [-0.2, 0) is 14.3 Å². The minimum atomic E-state index is -0.685. The highest BCUT2D eigenvalue weighted by molar-refractivity contribution is 6.30. The Morgan fingerprint density at radius 1 is 1.03 bits per heavy atom. The largest absolute Gasteiger partial charge is 0.490 e. The van der Waals surface area contributed by atoms with Crippen molar-refractivity contribution in [3.8, 4) is 11.5 Å². The number of ether oxygens (including phenoxy) is 3. The Hall–Kier alpha value is -3.78. The Bertz CT molecular complexity index is 1160. The van der Waals surface area contributed by atoms with Gasteiger partial charge in [0.1, 0.15) is 11.8 Å². The molecule has 1 unspecified atom stereocenters. The first-order chi connectivity index (χ1) is 16.5. The predicted molar refractivity (Wildman–Crippen MR) is 125 cm³/mol. The third-order valence-electron chi connectivity index (χ3n) is 5.07.